The second-order valence-electron chi connectivity index (χ2n) is 4.28. The molecule has 0 amide bonds. The highest BCUT2D eigenvalue weighted by molar-refractivity contribution is 7.99. The lowest BCUT2D eigenvalue weighted by Crippen LogP contribution is -2.05. The van der Waals surface area contributed by atoms with Gasteiger partial charge in [-0.3, -0.25) is 4.68 Å². The van der Waals surface area contributed by atoms with Crippen molar-refractivity contribution in [3.05, 3.63) is 17.0 Å². The maximum absolute atomic E-state index is 9.96. The van der Waals surface area contributed by atoms with Gasteiger partial charge in [-0.15, -0.1) is 0 Å². The highest BCUT2D eigenvalue weighted by Gasteiger charge is 2.17. The van der Waals surface area contributed by atoms with E-state index in [9.17, 15) is 5.11 Å². The van der Waals surface area contributed by atoms with Crippen molar-refractivity contribution in [2.75, 3.05) is 11.5 Å². The fraction of sp³-hybridized carbons (Fsp3) is 0.769. The van der Waals surface area contributed by atoms with E-state index in [0.29, 0.717) is 0 Å². The fourth-order valence-corrected chi connectivity index (χ4v) is 2.70. The fourth-order valence-electron chi connectivity index (χ4n) is 2.08. The van der Waals surface area contributed by atoms with Crippen LogP contribution in [0.3, 0.4) is 0 Å². The van der Waals surface area contributed by atoms with Crippen molar-refractivity contribution in [2.45, 2.75) is 53.2 Å². The Bertz CT molecular complexity index is 349. The van der Waals surface area contributed by atoms with Crippen molar-refractivity contribution in [3.63, 3.8) is 0 Å². The van der Waals surface area contributed by atoms with Gasteiger partial charge in [-0.25, -0.2) is 0 Å². The molecule has 1 unspecified atom stereocenters. The van der Waals surface area contributed by atoms with Crippen LogP contribution in [0.2, 0.25) is 0 Å². The number of rotatable bonds is 7. The number of aliphatic hydroxyl groups excluding tert-OH is 1. The molecule has 1 rings (SSSR count). The third-order valence-electron chi connectivity index (χ3n) is 3.02. The summed E-state index contributed by atoms with van der Waals surface area (Å²) in [5, 5.41) is 14.5. The van der Waals surface area contributed by atoms with Crippen molar-refractivity contribution in [3.8, 4) is 0 Å². The maximum Gasteiger partial charge on any atom is 0.0823 e. The summed E-state index contributed by atoms with van der Waals surface area (Å²) in [5.74, 6) is 2.36. The molecule has 0 saturated heterocycles. The maximum atomic E-state index is 9.96. The normalized spacial score (nSPS) is 13.0. The van der Waals surface area contributed by atoms with Gasteiger partial charge in [-0.05, 0) is 38.2 Å². The molecular formula is C13H24N2OS. The van der Waals surface area contributed by atoms with Crippen LogP contribution < -0.4 is 0 Å². The predicted octanol–water partition coefficient (Wildman–Crippen LogP) is 3.09. The van der Waals surface area contributed by atoms with Gasteiger partial charge in [-0.2, -0.15) is 16.9 Å². The first-order chi connectivity index (χ1) is 8.11. The molecule has 1 aromatic heterocycles. The molecule has 3 nitrogen and oxygen atoms in total. The van der Waals surface area contributed by atoms with E-state index in [1.807, 2.05) is 30.3 Å². The summed E-state index contributed by atoms with van der Waals surface area (Å²) in [5.41, 5.74) is 3.12. The molecule has 17 heavy (non-hydrogen) atoms. The molecule has 0 bridgehead atoms. The lowest BCUT2D eigenvalue weighted by molar-refractivity contribution is 0.172. The van der Waals surface area contributed by atoms with E-state index in [-0.39, 0.29) is 6.10 Å². The first-order valence-corrected chi connectivity index (χ1v) is 7.56. The van der Waals surface area contributed by atoms with Crippen LogP contribution in [-0.4, -0.2) is 26.4 Å². The minimum absolute atomic E-state index is 0.367. The molecule has 1 atom stereocenters. The van der Waals surface area contributed by atoms with Gasteiger partial charge < -0.3 is 5.11 Å². The Labute approximate surface area is 109 Å². The molecule has 0 aliphatic rings. The topological polar surface area (TPSA) is 38.0 Å². The van der Waals surface area contributed by atoms with Crippen molar-refractivity contribution in [2.24, 2.45) is 0 Å². The van der Waals surface area contributed by atoms with Gasteiger partial charge in [-0.1, -0.05) is 13.8 Å². The molecule has 4 heteroatoms. The van der Waals surface area contributed by atoms with Gasteiger partial charge in [0.25, 0.3) is 0 Å². The van der Waals surface area contributed by atoms with E-state index in [4.69, 9.17) is 0 Å². The van der Waals surface area contributed by atoms with Gasteiger partial charge in [0.1, 0.15) is 0 Å². The molecule has 1 aromatic rings. The number of aliphatic hydroxyl groups is 1. The number of aromatic nitrogens is 2. The molecule has 1 N–H and O–H groups in total. The standard InChI is InChI=1S/C13H24N2OS/c1-5-12(16)13-10(3)14-15(11(13)4)8-7-9-17-6-2/h12,16H,5-9H2,1-4H3. The van der Waals surface area contributed by atoms with Crippen molar-refractivity contribution in [1.82, 2.24) is 9.78 Å². The van der Waals surface area contributed by atoms with Crippen LogP contribution in [0.4, 0.5) is 0 Å². The summed E-state index contributed by atoms with van der Waals surface area (Å²) in [6.45, 7) is 9.18. The first kappa shape index (κ1) is 14.6. The molecule has 0 fully saturated rings. The SMILES string of the molecule is CCSCCCn1nc(C)c(C(O)CC)c1C. The summed E-state index contributed by atoms with van der Waals surface area (Å²) < 4.78 is 2.04. The van der Waals surface area contributed by atoms with Gasteiger partial charge in [0.05, 0.1) is 11.8 Å². The van der Waals surface area contributed by atoms with Gasteiger partial charge >= 0.3 is 0 Å². The molecule has 0 aromatic carbocycles. The lowest BCUT2D eigenvalue weighted by Gasteiger charge is -2.09. The zero-order chi connectivity index (χ0) is 12.8. The monoisotopic (exact) mass is 256 g/mol. The number of hydrogen-bond acceptors (Lipinski definition) is 3. The van der Waals surface area contributed by atoms with Crippen LogP contribution in [0, 0.1) is 13.8 Å². The molecule has 0 saturated carbocycles. The van der Waals surface area contributed by atoms with Gasteiger partial charge in [0.2, 0.25) is 0 Å². The summed E-state index contributed by atoms with van der Waals surface area (Å²) in [7, 11) is 0. The third kappa shape index (κ3) is 3.75. The van der Waals surface area contributed by atoms with E-state index in [1.165, 1.54) is 11.5 Å². The molecule has 0 radical (unpaired) electrons. The van der Waals surface area contributed by atoms with Crippen LogP contribution in [-0.2, 0) is 6.54 Å². The Balaban J connectivity index is 2.68. The Morgan fingerprint density at radius 3 is 2.65 bits per heavy atom. The zero-order valence-electron chi connectivity index (χ0n) is 11.4. The first-order valence-electron chi connectivity index (χ1n) is 6.41. The largest absolute Gasteiger partial charge is 0.388 e. The van der Waals surface area contributed by atoms with Gasteiger partial charge in [0, 0.05) is 17.8 Å². The summed E-state index contributed by atoms with van der Waals surface area (Å²) in [4.78, 5) is 0. The Morgan fingerprint density at radius 2 is 2.06 bits per heavy atom. The smallest absolute Gasteiger partial charge is 0.0823 e. The predicted molar refractivity (Wildman–Crippen MR) is 74.6 cm³/mol. The number of aryl methyl sites for hydroxylation is 2. The van der Waals surface area contributed by atoms with Crippen LogP contribution in [0.25, 0.3) is 0 Å². The Hall–Kier alpha value is -0.480. The Morgan fingerprint density at radius 1 is 1.35 bits per heavy atom. The number of nitrogens with zero attached hydrogens (tertiary/aromatic N) is 2. The minimum Gasteiger partial charge on any atom is -0.388 e. The van der Waals surface area contributed by atoms with Crippen molar-refractivity contribution < 1.29 is 5.11 Å². The molecule has 0 aliphatic carbocycles. The average molecular weight is 256 g/mol. The second kappa shape index (κ2) is 7.07. The number of thioether (sulfide) groups is 1. The molecule has 0 aliphatic heterocycles. The van der Waals surface area contributed by atoms with E-state index in [0.717, 1.165) is 36.3 Å². The van der Waals surface area contributed by atoms with Crippen molar-refractivity contribution in [1.29, 1.82) is 0 Å². The van der Waals surface area contributed by atoms with E-state index < -0.39 is 0 Å². The molecule has 98 valence electrons. The summed E-state index contributed by atoms with van der Waals surface area (Å²) in [6.07, 6.45) is 1.52. The van der Waals surface area contributed by atoms with Crippen LogP contribution in [0.5, 0.6) is 0 Å². The van der Waals surface area contributed by atoms with Crippen LogP contribution >= 0.6 is 11.8 Å². The highest BCUT2D eigenvalue weighted by Crippen LogP contribution is 2.24. The van der Waals surface area contributed by atoms with Crippen molar-refractivity contribution >= 4 is 11.8 Å². The summed E-state index contributed by atoms with van der Waals surface area (Å²) >= 11 is 1.96. The summed E-state index contributed by atoms with van der Waals surface area (Å²) in [6, 6.07) is 0. The van der Waals surface area contributed by atoms with Crippen LogP contribution in [0.15, 0.2) is 0 Å². The minimum atomic E-state index is -0.367. The lowest BCUT2D eigenvalue weighted by atomic mass is 10.1. The molecule has 1 heterocycles. The third-order valence-corrected chi connectivity index (χ3v) is 4.01. The zero-order valence-corrected chi connectivity index (χ0v) is 12.2. The second-order valence-corrected chi connectivity index (χ2v) is 5.68. The van der Waals surface area contributed by atoms with Crippen LogP contribution in [0.1, 0.15) is 49.7 Å². The van der Waals surface area contributed by atoms with E-state index in [1.54, 1.807) is 0 Å². The number of hydrogen-bond donors (Lipinski definition) is 1. The van der Waals surface area contributed by atoms with E-state index >= 15 is 0 Å². The molecule has 0 spiro atoms. The average Bonchev–Trinajstić information content (AvgIpc) is 2.59. The quantitative estimate of drug-likeness (QED) is 0.762. The Kier molecular flexibility index (Phi) is 6.06. The highest BCUT2D eigenvalue weighted by atomic mass is 32.2. The van der Waals surface area contributed by atoms with E-state index in [2.05, 4.69) is 18.9 Å². The molecular weight excluding hydrogens is 232 g/mol. The van der Waals surface area contributed by atoms with Gasteiger partial charge in [0.15, 0.2) is 0 Å².